The van der Waals surface area contributed by atoms with E-state index in [4.69, 9.17) is 4.98 Å². The van der Waals surface area contributed by atoms with Gasteiger partial charge in [0, 0.05) is 16.8 Å². The first-order valence-corrected chi connectivity index (χ1v) is 8.23. The maximum absolute atomic E-state index is 4.71. The Kier molecular flexibility index (Phi) is 3.99. The summed E-state index contributed by atoms with van der Waals surface area (Å²) in [6.07, 6.45) is 1.77. The van der Waals surface area contributed by atoms with Crippen molar-refractivity contribution >= 4 is 22.4 Å². The summed E-state index contributed by atoms with van der Waals surface area (Å²) in [6, 6.07) is 8.49. The second-order valence-corrected chi connectivity index (χ2v) is 7.36. The number of benzene rings is 1. The zero-order valence-electron chi connectivity index (χ0n) is 15.2. The molecule has 0 aliphatic rings. The molecule has 124 valence electrons. The van der Waals surface area contributed by atoms with Gasteiger partial charge in [0.25, 0.3) is 0 Å². The molecule has 3 rings (SSSR count). The first kappa shape index (κ1) is 16.4. The normalized spacial score (nSPS) is 11.8. The van der Waals surface area contributed by atoms with E-state index in [0.717, 1.165) is 34.1 Å². The highest BCUT2D eigenvalue weighted by atomic mass is 15.0. The van der Waals surface area contributed by atoms with Crippen molar-refractivity contribution < 1.29 is 0 Å². The molecule has 0 bridgehead atoms. The predicted octanol–water partition coefficient (Wildman–Crippen LogP) is 4.99. The van der Waals surface area contributed by atoms with E-state index in [2.05, 4.69) is 60.3 Å². The first-order valence-electron chi connectivity index (χ1n) is 8.23. The van der Waals surface area contributed by atoms with Crippen LogP contribution in [0.25, 0.3) is 10.9 Å². The summed E-state index contributed by atoms with van der Waals surface area (Å²) in [5.74, 6) is 0.781. The van der Waals surface area contributed by atoms with Crippen molar-refractivity contribution in [3.8, 4) is 0 Å². The van der Waals surface area contributed by atoms with E-state index in [-0.39, 0.29) is 5.41 Å². The van der Waals surface area contributed by atoms with Gasteiger partial charge in [0.1, 0.15) is 0 Å². The first-order chi connectivity index (χ1) is 11.2. The van der Waals surface area contributed by atoms with E-state index >= 15 is 0 Å². The van der Waals surface area contributed by atoms with Crippen LogP contribution in [0.3, 0.4) is 0 Å². The quantitative estimate of drug-likeness (QED) is 0.722. The zero-order valence-corrected chi connectivity index (χ0v) is 15.2. The molecule has 1 aromatic carbocycles. The lowest BCUT2D eigenvalue weighted by molar-refractivity contribution is 0.594. The number of nitrogens with zero attached hydrogens (tertiary/aromatic N) is 3. The van der Waals surface area contributed by atoms with Crippen LogP contribution in [0, 0.1) is 20.8 Å². The second-order valence-electron chi connectivity index (χ2n) is 7.36. The molecule has 0 saturated carbocycles. The van der Waals surface area contributed by atoms with E-state index in [1.165, 1.54) is 10.9 Å². The van der Waals surface area contributed by atoms with Crippen molar-refractivity contribution in [3.63, 3.8) is 0 Å². The number of aromatic nitrogens is 3. The minimum atomic E-state index is 0.0832. The molecule has 3 aromatic rings. The van der Waals surface area contributed by atoms with E-state index < -0.39 is 0 Å². The SMILES string of the molecule is Cc1cnc(Nc2ccc3c(C(C)(C)C)cc(C)nc3c2)c(C)n1. The standard InChI is InChI=1S/C20H24N4/c1-12-9-17(20(4,5)6)16-8-7-15(10-18(16)23-12)24-19-14(3)22-13(2)11-21-19/h7-11H,1-6H3,(H,21,24). The number of nitrogens with one attached hydrogen (secondary N) is 1. The van der Waals surface area contributed by atoms with Gasteiger partial charge in [0.05, 0.1) is 23.1 Å². The summed E-state index contributed by atoms with van der Waals surface area (Å²) in [7, 11) is 0. The molecule has 0 amide bonds. The maximum Gasteiger partial charge on any atom is 0.151 e. The average Bonchev–Trinajstić information content (AvgIpc) is 2.48. The molecule has 0 spiro atoms. The summed E-state index contributed by atoms with van der Waals surface area (Å²) >= 11 is 0. The van der Waals surface area contributed by atoms with Crippen molar-refractivity contribution in [1.82, 2.24) is 15.0 Å². The molecule has 2 aromatic heterocycles. The minimum Gasteiger partial charge on any atom is -0.339 e. The summed E-state index contributed by atoms with van der Waals surface area (Å²) in [5.41, 5.74) is 6.23. The number of fused-ring (bicyclic) bond motifs is 1. The lowest BCUT2D eigenvalue weighted by Crippen LogP contribution is -2.12. The smallest absolute Gasteiger partial charge is 0.151 e. The van der Waals surface area contributed by atoms with Crippen LogP contribution in [-0.4, -0.2) is 15.0 Å². The number of anilines is 2. The van der Waals surface area contributed by atoms with Gasteiger partial charge < -0.3 is 5.32 Å². The lowest BCUT2D eigenvalue weighted by atomic mass is 9.84. The summed E-state index contributed by atoms with van der Waals surface area (Å²) in [6.45, 7) is 12.7. The molecule has 4 nitrogen and oxygen atoms in total. The molecule has 0 fully saturated rings. The van der Waals surface area contributed by atoms with E-state index in [9.17, 15) is 0 Å². The molecule has 0 atom stereocenters. The Bertz CT molecular complexity index is 907. The molecule has 0 radical (unpaired) electrons. The minimum absolute atomic E-state index is 0.0832. The van der Waals surface area contributed by atoms with Gasteiger partial charge >= 0.3 is 0 Å². The number of hydrogen-bond donors (Lipinski definition) is 1. The third-order valence-corrected chi connectivity index (χ3v) is 4.08. The van der Waals surface area contributed by atoms with Crippen LogP contribution in [0.2, 0.25) is 0 Å². The number of pyridine rings is 1. The van der Waals surface area contributed by atoms with E-state index in [1.807, 2.05) is 20.8 Å². The third-order valence-electron chi connectivity index (χ3n) is 4.08. The third kappa shape index (κ3) is 3.23. The monoisotopic (exact) mass is 320 g/mol. The largest absolute Gasteiger partial charge is 0.339 e. The van der Waals surface area contributed by atoms with Gasteiger partial charge in [-0.3, -0.25) is 9.97 Å². The maximum atomic E-state index is 4.71. The van der Waals surface area contributed by atoms with Crippen LogP contribution in [0.5, 0.6) is 0 Å². The molecule has 0 aliphatic carbocycles. The Morgan fingerprint density at radius 3 is 2.33 bits per heavy atom. The molecule has 0 aliphatic heterocycles. The number of rotatable bonds is 2. The number of aryl methyl sites for hydroxylation is 3. The topological polar surface area (TPSA) is 50.7 Å². The molecule has 2 heterocycles. The number of hydrogen-bond acceptors (Lipinski definition) is 4. The molecule has 4 heteroatoms. The van der Waals surface area contributed by atoms with E-state index in [0.29, 0.717) is 0 Å². The highest BCUT2D eigenvalue weighted by Gasteiger charge is 2.18. The average molecular weight is 320 g/mol. The molecule has 0 unspecified atom stereocenters. The Labute approximate surface area is 143 Å². The Balaban J connectivity index is 2.06. The molecule has 1 N–H and O–H groups in total. The van der Waals surface area contributed by atoms with Crippen LogP contribution in [0.15, 0.2) is 30.5 Å². The fourth-order valence-corrected chi connectivity index (χ4v) is 2.92. The van der Waals surface area contributed by atoms with Crippen molar-refractivity contribution in [2.24, 2.45) is 0 Å². The summed E-state index contributed by atoms with van der Waals surface area (Å²) < 4.78 is 0. The van der Waals surface area contributed by atoms with Gasteiger partial charge in [-0.05, 0) is 49.9 Å². The summed E-state index contributed by atoms with van der Waals surface area (Å²) in [5, 5.41) is 4.56. The van der Waals surface area contributed by atoms with Crippen molar-refractivity contribution in [1.29, 1.82) is 0 Å². The highest BCUT2D eigenvalue weighted by molar-refractivity contribution is 5.87. The van der Waals surface area contributed by atoms with Crippen molar-refractivity contribution in [2.75, 3.05) is 5.32 Å². The van der Waals surface area contributed by atoms with Crippen LogP contribution < -0.4 is 5.32 Å². The van der Waals surface area contributed by atoms with Gasteiger partial charge in [-0.2, -0.15) is 0 Å². The van der Waals surface area contributed by atoms with Gasteiger partial charge in [0.2, 0.25) is 0 Å². The van der Waals surface area contributed by atoms with Gasteiger partial charge in [0.15, 0.2) is 5.82 Å². The van der Waals surface area contributed by atoms with Crippen LogP contribution in [0.1, 0.15) is 43.4 Å². The Morgan fingerprint density at radius 2 is 1.67 bits per heavy atom. The lowest BCUT2D eigenvalue weighted by Gasteiger charge is -2.22. The fourth-order valence-electron chi connectivity index (χ4n) is 2.92. The molecule has 0 saturated heterocycles. The molecular formula is C20H24N4. The Morgan fingerprint density at radius 1 is 0.917 bits per heavy atom. The van der Waals surface area contributed by atoms with Crippen molar-refractivity contribution in [2.45, 2.75) is 47.0 Å². The van der Waals surface area contributed by atoms with Gasteiger partial charge in [-0.1, -0.05) is 26.8 Å². The highest BCUT2D eigenvalue weighted by Crippen LogP contribution is 2.31. The van der Waals surface area contributed by atoms with E-state index in [1.54, 1.807) is 6.20 Å². The molecular weight excluding hydrogens is 296 g/mol. The van der Waals surface area contributed by atoms with Crippen LogP contribution in [0.4, 0.5) is 11.5 Å². The summed E-state index contributed by atoms with van der Waals surface area (Å²) in [4.78, 5) is 13.6. The molecule has 24 heavy (non-hydrogen) atoms. The zero-order chi connectivity index (χ0) is 17.5. The second kappa shape index (κ2) is 5.86. The van der Waals surface area contributed by atoms with Crippen molar-refractivity contribution in [3.05, 3.63) is 53.1 Å². The predicted molar refractivity (Wildman–Crippen MR) is 100.0 cm³/mol. The van der Waals surface area contributed by atoms with Gasteiger partial charge in [-0.15, -0.1) is 0 Å². The van der Waals surface area contributed by atoms with Crippen LogP contribution in [-0.2, 0) is 5.41 Å². The van der Waals surface area contributed by atoms with Gasteiger partial charge in [-0.25, -0.2) is 4.98 Å². The fraction of sp³-hybridized carbons (Fsp3) is 0.350. The Hall–Kier alpha value is -2.49. The van der Waals surface area contributed by atoms with Crippen LogP contribution >= 0.6 is 0 Å².